The van der Waals surface area contributed by atoms with Gasteiger partial charge in [-0.25, -0.2) is 4.98 Å². The molecule has 16 heavy (non-hydrogen) atoms. The van der Waals surface area contributed by atoms with Crippen molar-refractivity contribution in [1.82, 2.24) is 9.55 Å². The average molecular weight is 225 g/mol. The highest BCUT2D eigenvalue weighted by atomic mass is 16.5. The molecule has 0 bridgehead atoms. The summed E-state index contributed by atoms with van der Waals surface area (Å²) in [5, 5.41) is 0. The highest BCUT2D eigenvalue weighted by Crippen LogP contribution is 2.13. The highest BCUT2D eigenvalue weighted by Gasteiger charge is 2.24. The molecule has 1 heterocycles. The quantitative estimate of drug-likeness (QED) is 0.756. The van der Waals surface area contributed by atoms with Crippen LogP contribution in [0.3, 0.4) is 0 Å². The molecule has 2 atom stereocenters. The Hall–Kier alpha value is -1.36. The van der Waals surface area contributed by atoms with Crippen molar-refractivity contribution in [1.29, 1.82) is 0 Å². The monoisotopic (exact) mass is 225 g/mol. The smallest absolute Gasteiger partial charge is 0.325 e. The van der Waals surface area contributed by atoms with E-state index in [9.17, 15) is 4.79 Å². The fourth-order valence-corrected chi connectivity index (χ4v) is 1.60. The second-order valence-electron chi connectivity index (χ2n) is 3.62. The summed E-state index contributed by atoms with van der Waals surface area (Å²) in [6, 6.07) is -0.795. The summed E-state index contributed by atoms with van der Waals surface area (Å²) in [4.78, 5) is 15.7. The van der Waals surface area contributed by atoms with E-state index >= 15 is 0 Å². The topological polar surface area (TPSA) is 70.1 Å². The highest BCUT2D eigenvalue weighted by molar-refractivity contribution is 5.76. The van der Waals surface area contributed by atoms with Crippen LogP contribution in [-0.4, -0.2) is 28.2 Å². The number of nitrogens with two attached hydrogens (primary N) is 1. The predicted octanol–water partition coefficient (Wildman–Crippen LogP) is 0.897. The van der Waals surface area contributed by atoms with Gasteiger partial charge in [-0.15, -0.1) is 0 Å². The molecular weight excluding hydrogens is 206 g/mol. The molecule has 0 aliphatic heterocycles. The average Bonchev–Trinajstić information content (AvgIpc) is 2.75. The second kappa shape index (κ2) is 5.65. The summed E-state index contributed by atoms with van der Waals surface area (Å²) in [5.74, 6) is 0.554. The fourth-order valence-electron chi connectivity index (χ4n) is 1.60. The number of carbonyl (C=O) groups excluding carboxylic acids is 1. The lowest BCUT2D eigenvalue weighted by Gasteiger charge is -2.21. The van der Waals surface area contributed by atoms with E-state index in [1.54, 1.807) is 13.1 Å². The molecule has 2 N–H and O–H groups in total. The molecule has 0 radical (unpaired) electrons. The number of rotatable bonds is 5. The van der Waals surface area contributed by atoms with Crippen molar-refractivity contribution in [3.63, 3.8) is 0 Å². The van der Waals surface area contributed by atoms with Crippen LogP contribution in [0.5, 0.6) is 0 Å². The van der Waals surface area contributed by atoms with Gasteiger partial charge in [0.05, 0.1) is 12.6 Å². The molecule has 0 fully saturated rings. The van der Waals surface area contributed by atoms with Gasteiger partial charge in [0, 0.05) is 18.8 Å². The normalized spacial score (nSPS) is 14.5. The number of aryl methyl sites for hydroxylation is 1. The molecule has 1 rings (SSSR count). The predicted molar refractivity (Wildman–Crippen MR) is 60.9 cm³/mol. The summed E-state index contributed by atoms with van der Waals surface area (Å²) in [6.07, 6.45) is 4.36. The largest absolute Gasteiger partial charge is 0.465 e. The Labute approximate surface area is 95.6 Å². The lowest BCUT2D eigenvalue weighted by molar-refractivity contribution is -0.145. The van der Waals surface area contributed by atoms with E-state index in [2.05, 4.69) is 4.98 Å². The van der Waals surface area contributed by atoms with Crippen LogP contribution >= 0.6 is 0 Å². The number of hydrogen-bond donors (Lipinski definition) is 1. The lowest BCUT2D eigenvalue weighted by Crippen LogP contribution is -2.39. The molecular formula is C11H19N3O2. The van der Waals surface area contributed by atoms with Gasteiger partial charge in [-0.2, -0.15) is 0 Å². The minimum atomic E-state index is -0.653. The number of aromatic nitrogens is 2. The molecule has 90 valence electrons. The third kappa shape index (κ3) is 2.61. The van der Waals surface area contributed by atoms with Crippen LogP contribution in [0.2, 0.25) is 0 Å². The lowest BCUT2D eigenvalue weighted by atomic mass is 10.1. The Kier molecular flexibility index (Phi) is 4.49. The molecule has 1 aromatic heterocycles. The van der Waals surface area contributed by atoms with Crippen molar-refractivity contribution >= 4 is 5.97 Å². The molecule has 5 heteroatoms. The first-order valence-corrected chi connectivity index (χ1v) is 5.55. The zero-order chi connectivity index (χ0) is 12.1. The van der Waals surface area contributed by atoms with Crippen LogP contribution in [0.4, 0.5) is 0 Å². The first kappa shape index (κ1) is 12.7. The van der Waals surface area contributed by atoms with Crippen molar-refractivity contribution in [2.24, 2.45) is 5.73 Å². The number of nitrogens with zero attached hydrogens (tertiary/aromatic N) is 2. The van der Waals surface area contributed by atoms with Gasteiger partial charge in [0.2, 0.25) is 0 Å². The van der Waals surface area contributed by atoms with E-state index in [0.29, 0.717) is 6.61 Å². The number of carbonyl (C=O) groups is 1. The van der Waals surface area contributed by atoms with Gasteiger partial charge in [-0.3, -0.25) is 4.79 Å². The summed E-state index contributed by atoms with van der Waals surface area (Å²) in [7, 11) is 0. The summed E-state index contributed by atoms with van der Waals surface area (Å²) in [6.45, 7) is 6.03. The van der Waals surface area contributed by atoms with Crippen molar-refractivity contribution in [2.45, 2.75) is 39.3 Å². The van der Waals surface area contributed by atoms with E-state index in [0.717, 1.165) is 12.2 Å². The molecule has 0 saturated carbocycles. The van der Waals surface area contributed by atoms with Crippen molar-refractivity contribution in [3.8, 4) is 0 Å². The van der Waals surface area contributed by atoms with Crippen molar-refractivity contribution < 1.29 is 9.53 Å². The van der Waals surface area contributed by atoms with E-state index < -0.39 is 6.04 Å². The van der Waals surface area contributed by atoms with Crippen LogP contribution < -0.4 is 5.73 Å². The van der Waals surface area contributed by atoms with Gasteiger partial charge in [0.25, 0.3) is 0 Å². The van der Waals surface area contributed by atoms with Gasteiger partial charge < -0.3 is 15.0 Å². The number of ether oxygens (including phenoxy) is 1. The Morgan fingerprint density at radius 3 is 2.88 bits per heavy atom. The molecule has 1 aromatic rings. The van der Waals surface area contributed by atoms with E-state index in [-0.39, 0.29) is 12.0 Å². The van der Waals surface area contributed by atoms with Crippen LogP contribution in [0.1, 0.15) is 32.6 Å². The van der Waals surface area contributed by atoms with Gasteiger partial charge in [0.1, 0.15) is 11.9 Å². The molecule has 0 spiro atoms. The Bertz CT molecular complexity index is 349. The van der Waals surface area contributed by atoms with Gasteiger partial charge >= 0.3 is 5.97 Å². The minimum absolute atomic E-state index is 0.142. The first-order valence-electron chi connectivity index (χ1n) is 5.55. The number of hydrogen-bond acceptors (Lipinski definition) is 4. The molecule has 0 saturated heterocycles. The SMILES string of the molecule is CCOC(=O)C(N)C(C)n1ccnc1CC. The van der Waals surface area contributed by atoms with Crippen LogP contribution in [-0.2, 0) is 16.0 Å². The van der Waals surface area contributed by atoms with Crippen molar-refractivity contribution in [3.05, 3.63) is 18.2 Å². The summed E-state index contributed by atoms with van der Waals surface area (Å²) in [5.41, 5.74) is 5.84. The molecule has 0 amide bonds. The standard InChI is InChI=1S/C11H19N3O2/c1-4-9-13-6-7-14(9)8(3)10(12)11(15)16-5-2/h6-8,10H,4-5,12H2,1-3H3. The van der Waals surface area contributed by atoms with E-state index in [1.807, 2.05) is 24.6 Å². The third-order valence-electron chi connectivity index (χ3n) is 2.58. The molecule has 5 nitrogen and oxygen atoms in total. The fraction of sp³-hybridized carbons (Fsp3) is 0.636. The summed E-state index contributed by atoms with van der Waals surface area (Å²) < 4.78 is 6.82. The number of imidazole rings is 1. The zero-order valence-electron chi connectivity index (χ0n) is 10.0. The molecule has 0 aromatic carbocycles. The number of esters is 1. The van der Waals surface area contributed by atoms with Crippen molar-refractivity contribution in [2.75, 3.05) is 6.61 Å². The Morgan fingerprint density at radius 1 is 1.62 bits per heavy atom. The third-order valence-corrected chi connectivity index (χ3v) is 2.58. The Morgan fingerprint density at radius 2 is 2.31 bits per heavy atom. The van der Waals surface area contributed by atoms with Crippen LogP contribution in [0.25, 0.3) is 0 Å². The van der Waals surface area contributed by atoms with Crippen LogP contribution in [0, 0.1) is 0 Å². The second-order valence-corrected chi connectivity index (χ2v) is 3.62. The first-order chi connectivity index (χ1) is 7.61. The van der Waals surface area contributed by atoms with Gasteiger partial charge in [-0.1, -0.05) is 6.92 Å². The maximum absolute atomic E-state index is 11.5. The van der Waals surface area contributed by atoms with Crippen LogP contribution in [0.15, 0.2) is 12.4 Å². The van der Waals surface area contributed by atoms with Gasteiger partial charge in [0.15, 0.2) is 0 Å². The summed E-state index contributed by atoms with van der Waals surface area (Å²) >= 11 is 0. The Balaban J connectivity index is 2.77. The maximum Gasteiger partial charge on any atom is 0.325 e. The van der Waals surface area contributed by atoms with Gasteiger partial charge in [-0.05, 0) is 13.8 Å². The molecule has 0 aliphatic carbocycles. The minimum Gasteiger partial charge on any atom is -0.465 e. The molecule has 0 aliphatic rings. The maximum atomic E-state index is 11.5. The zero-order valence-corrected chi connectivity index (χ0v) is 10.0. The molecule has 2 unspecified atom stereocenters. The van der Waals surface area contributed by atoms with E-state index in [4.69, 9.17) is 10.5 Å². The van der Waals surface area contributed by atoms with E-state index in [1.165, 1.54) is 0 Å².